The molecule has 8 nitrogen and oxygen atoms in total. The molecule has 0 radical (unpaired) electrons. The Hall–Kier alpha value is -4.24. The lowest BCUT2D eigenvalue weighted by Crippen LogP contribution is -2.42. The topological polar surface area (TPSA) is 80.7 Å². The van der Waals surface area contributed by atoms with Crippen molar-refractivity contribution in [2.45, 2.75) is 12.5 Å². The summed E-state index contributed by atoms with van der Waals surface area (Å²) in [6.45, 7) is 0.230. The van der Waals surface area contributed by atoms with E-state index in [1.54, 1.807) is 68.8 Å². The molecule has 38 heavy (non-hydrogen) atoms. The molecule has 3 aromatic carbocycles. The molecule has 9 heteroatoms. The van der Waals surface area contributed by atoms with Crippen LogP contribution < -0.4 is 9.47 Å². The van der Waals surface area contributed by atoms with Crippen molar-refractivity contribution < 1.29 is 28.2 Å². The molecule has 0 aromatic heterocycles. The first-order chi connectivity index (χ1) is 18.4. The monoisotopic (exact) mass is 519 g/mol. The van der Waals surface area contributed by atoms with E-state index in [0.29, 0.717) is 34.8 Å². The summed E-state index contributed by atoms with van der Waals surface area (Å²) in [5.74, 6) is 0.170. The van der Waals surface area contributed by atoms with Crippen LogP contribution >= 0.6 is 0 Å². The summed E-state index contributed by atoms with van der Waals surface area (Å²) in [5.41, 5.74) is 2.03. The summed E-state index contributed by atoms with van der Waals surface area (Å²) in [6, 6.07) is 19.9. The third kappa shape index (κ3) is 6.00. The second-order valence-corrected chi connectivity index (χ2v) is 8.71. The van der Waals surface area contributed by atoms with E-state index in [2.05, 4.69) is 5.10 Å². The molecular weight excluding hydrogens is 489 g/mol. The number of hydrogen-bond donors (Lipinski definition) is 0. The lowest BCUT2D eigenvalue weighted by molar-refractivity contribution is -0.133. The SMILES string of the molecule is COCCN(CC(=O)N1N=C(c2ccccc2F)C[C@H]1c1ccc(OC)cc1)C(=O)c1ccc(OC)cc1. The summed E-state index contributed by atoms with van der Waals surface area (Å²) in [6.07, 6.45) is 0.323. The van der Waals surface area contributed by atoms with Crippen LogP contribution in [0.2, 0.25) is 0 Å². The lowest BCUT2D eigenvalue weighted by atomic mass is 9.98. The van der Waals surface area contributed by atoms with E-state index in [0.717, 1.165) is 5.56 Å². The normalized spacial score (nSPS) is 14.7. The van der Waals surface area contributed by atoms with Gasteiger partial charge in [0.1, 0.15) is 23.9 Å². The van der Waals surface area contributed by atoms with E-state index in [9.17, 15) is 14.0 Å². The zero-order chi connectivity index (χ0) is 27.1. The predicted molar refractivity (Wildman–Crippen MR) is 141 cm³/mol. The largest absolute Gasteiger partial charge is 0.497 e. The van der Waals surface area contributed by atoms with Crippen LogP contribution in [-0.2, 0) is 9.53 Å². The van der Waals surface area contributed by atoms with Crippen molar-refractivity contribution >= 4 is 17.5 Å². The maximum Gasteiger partial charge on any atom is 0.262 e. The van der Waals surface area contributed by atoms with Gasteiger partial charge in [0.15, 0.2) is 0 Å². The number of rotatable bonds is 10. The number of carbonyl (C=O) groups excluding carboxylic acids is 2. The standard InChI is InChI=1S/C29H30FN3O5/c1-36-17-16-32(29(35)21-10-14-23(38-3)15-11-21)19-28(34)33-27(20-8-12-22(37-2)13-9-20)18-26(31-33)24-6-4-5-7-25(24)30/h4-15,27H,16-19H2,1-3H3/t27-/m0/s1. The highest BCUT2D eigenvalue weighted by atomic mass is 19.1. The Bertz CT molecular complexity index is 1290. The number of hydrogen-bond acceptors (Lipinski definition) is 6. The zero-order valence-corrected chi connectivity index (χ0v) is 21.6. The van der Waals surface area contributed by atoms with Gasteiger partial charge in [-0.3, -0.25) is 9.59 Å². The van der Waals surface area contributed by atoms with Crippen LogP contribution in [0.25, 0.3) is 0 Å². The molecule has 1 atom stereocenters. The van der Waals surface area contributed by atoms with Crippen LogP contribution in [0.4, 0.5) is 4.39 Å². The molecule has 0 N–H and O–H groups in total. The highest BCUT2D eigenvalue weighted by molar-refractivity contribution is 6.04. The smallest absolute Gasteiger partial charge is 0.262 e. The molecule has 0 aliphatic carbocycles. The van der Waals surface area contributed by atoms with E-state index >= 15 is 0 Å². The van der Waals surface area contributed by atoms with Crippen molar-refractivity contribution in [2.75, 3.05) is 41.0 Å². The van der Waals surface area contributed by atoms with Crippen molar-refractivity contribution in [3.05, 3.63) is 95.3 Å². The Kier molecular flexibility index (Phi) is 8.70. The van der Waals surface area contributed by atoms with Gasteiger partial charge >= 0.3 is 0 Å². The molecule has 0 bridgehead atoms. The summed E-state index contributed by atoms with van der Waals surface area (Å²) in [4.78, 5) is 28.4. The summed E-state index contributed by atoms with van der Waals surface area (Å²) in [5, 5.41) is 5.90. The molecule has 3 aromatic rings. The number of halogens is 1. The second-order valence-electron chi connectivity index (χ2n) is 8.71. The molecule has 198 valence electrons. The van der Waals surface area contributed by atoms with Gasteiger partial charge in [-0.2, -0.15) is 5.10 Å². The maximum absolute atomic E-state index is 14.6. The molecule has 1 heterocycles. The summed E-state index contributed by atoms with van der Waals surface area (Å²) in [7, 11) is 4.66. The van der Waals surface area contributed by atoms with Crippen LogP contribution in [0, 0.1) is 5.82 Å². The number of methoxy groups -OCH3 is 3. The molecule has 0 saturated carbocycles. The number of benzene rings is 3. The molecule has 0 saturated heterocycles. The first-order valence-corrected chi connectivity index (χ1v) is 12.2. The van der Waals surface area contributed by atoms with Gasteiger partial charge in [0.05, 0.1) is 32.6 Å². The van der Waals surface area contributed by atoms with Gasteiger partial charge in [0.2, 0.25) is 0 Å². The first kappa shape index (κ1) is 26.8. The number of amides is 2. The van der Waals surface area contributed by atoms with Gasteiger partial charge < -0.3 is 19.1 Å². The van der Waals surface area contributed by atoms with E-state index in [1.165, 1.54) is 23.1 Å². The number of nitrogens with zero attached hydrogens (tertiary/aromatic N) is 3. The molecule has 4 rings (SSSR count). The fourth-order valence-corrected chi connectivity index (χ4v) is 4.29. The summed E-state index contributed by atoms with van der Waals surface area (Å²) >= 11 is 0. The van der Waals surface area contributed by atoms with Crippen LogP contribution in [0.3, 0.4) is 0 Å². The third-order valence-corrected chi connectivity index (χ3v) is 6.37. The zero-order valence-electron chi connectivity index (χ0n) is 21.6. The Morgan fingerprint density at radius 1 is 0.947 bits per heavy atom. The van der Waals surface area contributed by atoms with Gasteiger partial charge in [-0.1, -0.05) is 30.3 Å². The Morgan fingerprint density at radius 3 is 2.18 bits per heavy atom. The number of hydrazone groups is 1. The highest BCUT2D eigenvalue weighted by Crippen LogP contribution is 2.34. The second kappa shape index (κ2) is 12.3. The summed E-state index contributed by atoms with van der Waals surface area (Å²) < 4.78 is 30.2. The van der Waals surface area contributed by atoms with Crippen LogP contribution in [-0.4, -0.2) is 68.5 Å². The minimum atomic E-state index is -0.469. The maximum atomic E-state index is 14.6. The van der Waals surface area contributed by atoms with E-state index in [-0.39, 0.29) is 25.6 Å². The van der Waals surface area contributed by atoms with Crippen molar-refractivity contribution in [1.29, 1.82) is 0 Å². The van der Waals surface area contributed by atoms with Crippen LogP contribution in [0.15, 0.2) is 77.9 Å². The van der Waals surface area contributed by atoms with Gasteiger partial charge in [0.25, 0.3) is 11.8 Å². The lowest BCUT2D eigenvalue weighted by Gasteiger charge is -2.27. The molecule has 0 spiro atoms. The van der Waals surface area contributed by atoms with Crippen molar-refractivity contribution in [3.63, 3.8) is 0 Å². The molecule has 2 amide bonds. The van der Waals surface area contributed by atoms with E-state index in [4.69, 9.17) is 14.2 Å². The molecule has 1 aliphatic rings. The molecular formula is C29H30FN3O5. The van der Waals surface area contributed by atoms with Gasteiger partial charge in [-0.15, -0.1) is 0 Å². The average molecular weight is 520 g/mol. The minimum Gasteiger partial charge on any atom is -0.497 e. The third-order valence-electron chi connectivity index (χ3n) is 6.37. The van der Waals surface area contributed by atoms with Gasteiger partial charge in [0, 0.05) is 31.2 Å². The van der Waals surface area contributed by atoms with Crippen molar-refractivity contribution in [3.8, 4) is 11.5 Å². The Labute approximate surface area is 221 Å². The fraction of sp³-hybridized carbons (Fsp3) is 0.276. The Morgan fingerprint density at radius 2 is 1.58 bits per heavy atom. The molecule has 0 fully saturated rings. The highest BCUT2D eigenvalue weighted by Gasteiger charge is 2.35. The van der Waals surface area contributed by atoms with Crippen LogP contribution in [0.5, 0.6) is 11.5 Å². The van der Waals surface area contributed by atoms with E-state index in [1.807, 2.05) is 12.1 Å². The fourth-order valence-electron chi connectivity index (χ4n) is 4.29. The number of ether oxygens (including phenoxy) is 3. The predicted octanol–water partition coefficient (Wildman–Crippen LogP) is 4.31. The average Bonchev–Trinajstić information content (AvgIpc) is 3.40. The Balaban J connectivity index is 1.63. The first-order valence-electron chi connectivity index (χ1n) is 12.2. The van der Waals surface area contributed by atoms with Crippen molar-refractivity contribution in [1.82, 2.24) is 9.91 Å². The van der Waals surface area contributed by atoms with Crippen molar-refractivity contribution in [2.24, 2.45) is 5.10 Å². The number of carbonyl (C=O) groups is 2. The van der Waals surface area contributed by atoms with Gasteiger partial charge in [-0.05, 0) is 48.0 Å². The van der Waals surface area contributed by atoms with E-state index < -0.39 is 17.8 Å². The molecule has 0 unspecified atom stereocenters. The van der Waals surface area contributed by atoms with Gasteiger partial charge in [-0.25, -0.2) is 9.40 Å². The quantitative estimate of drug-likeness (QED) is 0.399. The molecule has 1 aliphatic heterocycles. The minimum absolute atomic E-state index is 0.206. The van der Waals surface area contributed by atoms with Crippen LogP contribution in [0.1, 0.15) is 33.9 Å².